The van der Waals surface area contributed by atoms with E-state index < -0.39 is 0 Å². The second kappa shape index (κ2) is 8.86. The van der Waals surface area contributed by atoms with Gasteiger partial charge in [0.2, 0.25) is 5.91 Å². The molecule has 132 valence electrons. The quantitative estimate of drug-likeness (QED) is 0.705. The maximum Gasteiger partial charge on any atom is 0.221 e. The average Bonchev–Trinajstić information content (AvgIpc) is 3.06. The normalized spacial score (nSPS) is 18.1. The Labute approximate surface area is 158 Å². The minimum atomic E-state index is -0.224. The van der Waals surface area contributed by atoms with Crippen LogP contribution in [-0.4, -0.2) is 45.0 Å². The molecule has 1 unspecified atom stereocenters. The van der Waals surface area contributed by atoms with Crippen LogP contribution < -0.4 is 10.7 Å². The van der Waals surface area contributed by atoms with Crippen molar-refractivity contribution >= 4 is 53.1 Å². The van der Waals surface area contributed by atoms with Crippen LogP contribution >= 0.6 is 30.3 Å². The molecule has 0 saturated carbocycles. The van der Waals surface area contributed by atoms with E-state index in [-0.39, 0.29) is 11.8 Å². The highest BCUT2D eigenvalue weighted by atomic mass is 127. The first-order valence-electron chi connectivity index (χ1n) is 8.01. The lowest BCUT2D eigenvalue weighted by Gasteiger charge is -2.38. The minimum Gasteiger partial charge on any atom is -0.369 e. The first-order valence-corrected chi connectivity index (χ1v) is 11.3. The molecule has 1 aliphatic heterocycles. The Kier molecular flexibility index (Phi) is 7.11. The standard InChI is InChI=1S/C13H17IN6OS.C2H6/c1-18(19-5-2-3-9(7-19)11(15)21)12-10-4-6-20(22-14)13(10)17-8-16-12;1-2/h4,6,8-9H,2-3,5,7H2,1H3,(H2,15,21);1-2H3. The van der Waals surface area contributed by atoms with E-state index in [9.17, 15) is 4.79 Å². The summed E-state index contributed by atoms with van der Waals surface area (Å²) in [4.78, 5) is 20.2. The molecule has 3 heterocycles. The molecule has 1 amide bonds. The summed E-state index contributed by atoms with van der Waals surface area (Å²) in [6, 6.07) is 2.02. The summed E-state index contributed by atoms with van der Waals surface area (Å²) in [7, 11) is 3.54. The summed E-state index contributed by atoms with van der Waals surface area (Å²) in [6.45, 7) is 5.53. The smallest absolute Gasteiger partial charge is 0.221 e. The monoisotopic (exact) mass is 462 g/mol. The lowest BCUT2D eigenvalue weighted by molar-refractivity contribution is -0.123. The SMILES string of the molecule is CC.CN(c1ncnc2c1ccn2SI)N1CCCC(C(N)=O)C1. The van der Waals surface area contributed by atoms with Crippen molar-refractivity contribution in [3.63, 3.8) is 0 Å². The highest BCUT2D eigenvalue weighted by molar-refractivity contribution is 14.2. The molecule has 0 aromatic carbocycles. The number of hydrogen-bond acceptors (Lipinski definition) is 6. The number of nitrogens with zero attached hydrogens (tertiary/aromatic N) is 5. The van der Waals surface area contributed by atoms with Crippen molar-refractivity contribution in [1.29, 1.82) is 0 Å². The van der Waals surface area contributed by atoms with E-state index in [1.165, 1.54) is 0 Å². The van der Waals surface area contributed by atoms with Gasteiger partial charge in [-0.25, -0.2) is 15.0 Å². The summed E-state index contributed by atoms with van der Waals surface area (Å²) < 4.78 is 2.00. The number of fused-ring (bicyclic) bond motifs is 1. The van der Waals surface area contributed by atoms with Gasteiger partial charge in [0.05, 0.1) is 11.3 Å². The predicted molar refractivity (Wildman–Crippen MR) is 108 cm³/mol. The van der Waals surface area contributed by atoms with Crippen LogP contribution in [-0.2, 0) is 4.79 Å². The van der Waals surface area contributed by atoms with Crippen LogP contribution in [0.15, 0.2) is 18.6 Å². The zero-order valence-corrected chi connectivity index (χ0v) is 17.1. The topological polar surface area (TPSA) is 80.3 Å². The molecule has 24 heavy (non-hydrogen) atoms. The molecule has 1 fully saturated rings. The Bertz CT molecular complexity index is 694. The number of piperidine rings is 1. The van der Waals surface area contributed by atoms with Gasteiger partial charge in [-0.1, -0.05) is 13.8 Å². The van der Waals surface area contributed by atoms with Crippen LogP contribution in [0.5, 0.6) is 0 Å². The number of halogens is 1. The Morgan fingerprint density at radius 2 is 2.21 bits per heavy atom. The number of aromatic nitrogens is 3. The van der Waals surface area contributed by atoms with Gasteiger partial charge in [-0.3, -0.25) is 13.8 Å². The highest BCUT2D eigenvalue weighted by Gasteiger charge is 2.27. The van der Waals surface area contributed by atoms with Crippen LogP contribution in [0.3, 0.4) is 0 Å². The van der Waals surface area contributed by atoms with Crippen molar-refractivity contribution in [1.82, 2.24) is 18.9 Å². The molecule has 0 radical (unpaired) electrons. The van der Waals surface area contributed by atoms with Gasteiger partial charge in [0, 0.05) is 56.7 Å². The number of carbonyl (C=O) groups is 1. The van der Waals surface area contributed by atoms with E-state index in [0.717, 1.165) is 36.2 Å². The van der Waals surface area contributed by atoms with Crippen molar-refractivity contribution in [3.8, 4) is 0 Å². The van der Waals surface area contributed by atoms with Gasteiger partial charge < -0.3 is 5.73 Å². The largest absolute Gasteiger partial charge is 0.369 e. The fourth-order valence-corrected chi connectivity index (χ4v) is 4.10. The molecule has 3 rings (SSSR count). The van der Waals surface area contributed by atoms with E-state index in [4.69, 9.17) is 5.73 Å². The number of carbonyl (C=O) groups excluding carboxylic acids is 1. The molecule has 0 bridgehead atoms. The van der Waals surface area contributed by atoms with E-state index in [0.29, 0.717) is 6.54 Å². The van der Waals surface area contributed by atoms with Crippen molar-refractivity contribution in [2.45, 2.75) is 26.7 Å². The van der Waals surface area contributed by atoms with E-state index in [2.05, 4.69) is 36.2 Å². The maximum absolute atomic E-state index is 11.5. The van der Waals surface area contributed by atoms with Gasteiger partial charge in [0.1, 0.15) is 6.33 Å². The second-order valence-corrected chi connectivity index (χ2v) is 7.04. The summed E-state index contributed by atoms with van der Waals surface area (Å²) in [5.74, 6) is 0.528. The number of anilines is 1. The van der Waals surface area contributed by atoms with Gasteiger partial charge in [-0.15, -0.1) is 0 Å². The number of amides is 1. The molecule has 9 heteroatoms. The van der Waals surface area contributed by atoms with Crippen LogP contribution in [0.1, 0.15) is 26.7 Å². The Hall–Kier alpha value is -1.07. The molecule has 2 N–H and O–H groups in total. The Morgan fingerprint density at radius 1 is 1.46 bits per heavy atom. The van der Waals surface area contributed by atoms with Gasteiger partial charge in [-0.2, -0.15) is 0 Å². The second-order valence-electron chi connectivity index (χ2n) is 5.32. The third kappa shape index (κ3) is 3.94. The molecular formula is C15H23IN6OS. The first kappa shape index (κ1) is 19.3. The maximum atomic E-state index is 11.5. The highest BCUT2D eigenvalue weighted by Crippen LogP contribution is 2.29. The minimum absolute atomic E-state index is 0.0944. The van der Waals surface area contributed by atoms with Crippen molar-refractivity contribution in [3.05, 3.63) is 18.6 Å². The van der Waals surface area contributed by atoms with Crippen LogP contribution in [0.2, 0.25) is 0 Å². The van der Waals surface area contributed by atoms with Gasteiger partial charge in [-0.05, 0) is 18.9 Å². The van der Waals surface area contributed by atoms with E-state index >= 15 is 0 Å². The molecule has 1 aliphatic rings. The first-order chi connectivity index (χ1) is 11.6. The molecule has 0 spiro atoms. The van der Waals surface area contributed by atoms with E-state index in [1.807, 2.05) is 42.1 Å². The van der Waals surface area contributed by atoms with E-state index in [1.54, 1.807) is 15.4 Å². The fraction of sp³-hybridized carbons (Fsp3) is 0.533. The van der Waals surface area contributed by atoms with Crippen molar-refractivity contribution in [2.75, 3.05) is 25.1 Å². The zero-order chi connectivity index (χ0) is 17.7. The van der Waals surface area contributed by atoms with Gasteiger partial charge in [0.25, 0.3) is 0 Å². The van der Waals surface area contributed by atoms with Gasteiger partial charge >= 0.3 is 0 Å². The molecule has 7 nitrogen and oxygen atoms in total. The Morgan fingerprint density at radius 3 is 2.88 bits per heavy atom. The van der Waals surface area contributed by atoms with Crippen LogP contribution in [0, 0.1) is 5.92 Å². The van der Waals surface area contributed by atoms with Gasteiger partial charge in [0.15, 0.2) is 11.5 Å². The number of hydrogen-bond donors (Lipinski definition) is 1. The van der Waals surface area contributed by atoms with Crippen LogP contribution in [0.4, 0.5) is 5.82 Å². The summed E-state index contributed by atoms with van der Waals surface area (Å²) in [6.07, 6.45) is 5.38. The van der Waals surface area contributed by atoms with Crippen LogP contribution in [0.25, 0.3) is 11.0 Å². The Balaban J connectivity index is 0.00000100. The zero-order valence-electron chi connectivity index (χ0n) is 14.1. The van der Waals surface area contributed by atoms with Crippen molar-refractivity contribution in [2.24, 2.45) is 11.7 Å². The number of nitrogens with two attached hydrogens (primary N) is 1. The summed E-state index contributed by atoms with van der Waals surface area (Å²) in [5, 5.41) is 5.15. The molecular weight excluding hydrogens is 439 g/mol. The lowest BCUT2D eigenvalue weighted by atomic mass is 9.99. The molecule has 1 atom stereocenters. The average molecular weight is 462 g/mol. The molecule has 2 aromatic heterocycles. The third-order valence-electron chi connectivity index (χ3n) is 4.03. The molecule has 0 aliphatic carbocycles. The summed E-state index contributed by atoms with van der Waals surface area (Å²) >= 11 is 2.22. The number of hydrazine groups is 1. The number of rotatable bonds is 4. The molecule has 2 aromatic rings. The third-order valence-corrected chi connectivity index (χ3v) is 5.75. The fourth-order valence-electron chi connectivity index (χ4n) is 2.82. The molecule has 1 saturated heterocycles. The summed E-state index contributed by atoms with van der Waals surface area (Å²) in [5.41, 5.74) is 6.35. The lowest BCUT2D eigenvalue weighted by Crippen LogP contribution is -2.49. The number of primary amides is 1. The van der Waals surface area contributed by atoms with Crippen molar-refractivity contribution < 1.29 is 4.79 Å². The predicted octanol–water partition coefficient (Wildman–Crippen LogP) is 2.85.